The SMILES string of the molecule is Cn1c(=O)n(Cc2ccccc2F)c(=O)c2c(N3CCN(C(=O)c4ccco4)CC3)ccnc21. The van der Waals surface area contributed by atoms with Crippen molar-refractivity contribution in [3.63, 3.8) is 0 Å². The minimum Gasteiger partial charge on any atom is -0.459 e. The summed E-state index contributed by atoms with van der Waals surface area (Å²) in [6.45, 7) is 1.67. The number of nitrogens with zero attached hydrogens (tertiary/aromatic N) is 5. The molecule has 0 unspecified atom stereocenters. The Bertz CT molecular complexity index is 1480. The number of piperazine rings is 1. The molecular formula is C24H22FN5O4. The van der Waals surface area contributed by atoms with Crippen molar-refractivity contribution in [2.45, 2.75) is 6.54 Å². The summed E-state index contributed by atoms with van der Waals surface area (Å²) >= 11 is 0. The highest BCUT2D eigenvalue weighted by molar-refractivity contribution is 5.92. The lowest BCUT2D eigenvalue weighted by Gasteiger charge is -2.36. The standard InChI is InChI=1S/C24H22FN5O4/c1-27-21-20(23(32)30(24(27)33)15-16-5-2-3-6-17(16)25)18(8-9-26-21)28-10-12-29(13-11-28)22(31)19-7-4-14-34-19/h2-9,14H,10-13,15H2,1H3. The smallest absolute Gasteiger partial charge is 0.332 e. The Labute approximate surface area is 193 Å². The first-order valence-corrected chi connectivity index (χ1v) is 10.9. The van der Waals surface area contributed by atoms with Gasteiger partial charge in [-0.25, -0.2) is 14.2 Å². The number of rotatable bonds is 4. The predicted octanol–water partition coefficient (Wildman–Crippen LogP) is 1.84. The summed E-state index contributed by atoms with van der Waals surface area (Å²) < 4.78 is 21.8. The lowest BCUT2D eigenvalue weighted by atomic mass is 10.2. The zero-order valence-electron chi connectivity index (χ0n) is 18.5. The molecule has 0 N–H and O–H groups in total. The number of carbonyl (C=O) groups is 1. The quantitative estimate of drug-likeness (QED) is 0.459. The Kier molecular flexibility index (Phi) is 5.48. The number of halogens is 1. The Morgan fingerprint density at radius 1 is 1.06 bits per heavy atom. The Morgan fingerprint density at radius 3 is 2.53 bits per heavy atom. The van der Waals surface area contributed by atoms with Gasteiger partial charge < -0.3 is 14.2 Å². The summed E-state index contributed by atoms with van der Waals surface area (Å²) in [6.07, 6.45) is 3.02. The number of hydrogen-bond donors (Lipinski definition) is 0. The maximum Gasteiger partial charge on any atom is 0.332 e. The molecule has 5 rings (SSSR count). The van der Waals surface area contributed by atoms with Gasteiger partial charge in [-0.15, -0.1) is 0 Å². The number of benzene rings is 1. The van der Waals surface area contributed by atoms with Crippen molar-refractivity contribution >= 4 is 22.6 Å². The lowest BCUT2D eigenvalue weighted by Crippen LogP contribution is -2.49. The normalized spacial score (nSPS) is 14.1. The van der Waals surface area contributed by atoms with E-state index in [-0.39, 0.29) is 34.8 Å². The molecule has 0 aliphatic carbocycles. The summed E-state index contributed by atoms with van der Waals surface area (Å²) in [5, 5.41) is 0.284. The first-order valence-electron chi connectivity index (χ1n) is 10.9. The van der Waals surface area contributed by atoms with Crippen LogP contribution in [0.4, 0.5) is 10.1 Å². The van der Waals surface area contributed by atoms with E-state index in [4.69, 9.17) is 4.42 Å². The van der Waals surface area contributed by atoms with Crippen molar-refractivity contribution in [2.24, 2.45) is 7.05 Å². The summed E-state index contributed by atoms with van der Waals surface area (Å²) in [5.41, 5.74) is 0.0266. The molecule has 174 valence electrons. The van der Waals surface area contributed by atoms with E-state index in [1.165, 1.54) is 16.9 Å². The van der Waals surface area contributed by atoms with Gasteiger partial charge in [-0.1, -0.05) is 18.2 Å². The highest BCUT2D eigenvalue weighted by Crippen LogP contribution is 2.23. The maximum atomic E-state index is 14.2. The van der Waals surface area contributed by atoms with E-state index in [0.29, 0.717) is 31.9 Å². The zero-order valence-corrected chi connectivity index (χ0v) is 18.5. The zero-order chi connectivity index (χ0) is 23.8. The molecule has 1 amide bonds. The van der Waals surface area contributed by atoms with Crippen LogP contribution in [0.2, 0.25) is 0 Å². The van der Waals surface area contributed by atoms with Gasteiger partial charge in [-0.2, -0.15) is 0 Å². The average molecular weight is 463 g/mol. The molecule has 9 nitrogen and oxygen atoms in total. The van der Waals surface area contributed by atoms with E-state index in [9.17, 15) is 18.8 Å². The monoisotopic (exact) mass is 463 g/mol. The highest BCUT2D eigenvalue weighted by Gasteiger charge is 2.26. The molecule has 0 spiro atoms. The van der Waals surface area contributed by atoms with Crippen molar-refractivity contribution in [3.05, 3.63) is 92.9 Å². The lowest BCUT2D eigenvalue weighted by molar-refractivity contribution is 0.0715. The van der Waals surface area contributed by atoms with E-state index in [1.807, 2.05) is 4.90 Å². The van der Waals surface area contributed by atoms with Crippen LogP contribution in [-0.4, -0.2) is 51.1 Å². The largest absolute Gasteiger partial charge is 0.459 e. The molecule has 1 saturated heterocycles. The van der Waals surface area contributed by atoms with Crippen LogP contribution in [-0.2, 0) is 13.6 Å². The topological polar surface area (TPSA) is 93.6 Å². The molecule has 3 aromatic heterocycles. The Morgan fingerprint density at radius 2 is 1.82 bits per heavy atom. The summed E-state index contributed by atoms with van der Waals surface area (Å²) in [5.74, 6) is -0.381. The molecule has 10 heteroatoms. The number of fused-ring (bicyclic) bond motifs is 1. The number of amides is 1. The second kappa shape index (κ2) is 8.62. The molecule has 0 saturated carbocycles. The first-order chi connectivity index (χ1) is 16.5. The van der Waals surface area contributed by atoms with E-state index >= 15 is 0 Å². The van der Waals surface area contributed by atoms with Gasteiger partial charge in [0.2, 0.25) is 0 Å². The molecular weight excluding hydrogens is 441 g/mol. The van der Waals surface area contributed by atoms with E-state index in [1.54, 1.807) is 54.5 Å². The van der Waals surface area contributed by atoms with Crippen LogP contribution in [0.3, 0.4) is 0 Å². The van der Waals surface area contributed by atoms with Gasteiger partial charge in [0.25, 0.3) is 11.5 Å². The van der Waals surface area contributed by atoms with Gasteiger partial charge in [-0.3, -0.25) is 18.7 Å². The Hall–Kier alpha value is -4.21. The summed E-state index contributed by atoms with van der Waals surface area (Å²) in [7, 11) is 1.54. The second-order valence-electron chi connectivity index (χ2n) is 8.11. The van der Waals surface area contributed by atoms with Crippen molar-refractivity contribution in [1.82, 2.24) is 19.0 Å². The van der Waals surface area contributed by atoms with Crippen molar-refractivity contribution in [3.8, 4) is 0 Å². The number of furan rings is 1. The molecule has 1 aromatic carbocycles. The summed E-state index contributed by atoms with van der Waals surface area (Å²) in [6, 6.07) is 11.1. The number of aryl methyl sites for hydroxylation is 1. The number of hydrogen-bond acceptors (Lipinski definition) is 6. The molecule has 0 radical (unpaired) electrons. The Balaban J connectivity index is 1.51. The average Bonchev–Trinajstić information content (AvgIpc) is 3.41. The third-order valence-electron chi connectivity index (χ3n) is 6.13. The fourth-order valence-corrected chi connectivity index (χ4v) is 4.30. The number of anilines is 1. The summed E-state index contributed by atoms with van der Waals surface area (Å²) in [4.78, 5) is 47.0. The van der Waals surface area contributed by atoms with Gasteiger partial charge in [-0.05, 0) is 24.3 Å². The van der Waals surface area contributed by atoms with Gasteiger partial charge in [0.1, 0.15) is 11.2 Å². The van der Waals surface area contributed by atoms with Crippen LogP contribution >= 0.6 is 0 Å². The van der Waals surface area contributed by atoms with E-state index < -0.39 is 17.1 Å². The van der Waals surface area contributed by atoms with Crippen molar-refractivity contribution in [1.29, 1.82) is 0 Å². The molecule has 1 aliphatic heterocycles. The molecule has 4 aromatic rings. The van der Waals surface area contributed by atoms with Crippen LogP contribution in [0.15, 0.2) is 68.9 Å². The molecule has 1 aliphatic rings. The minimum atomic E-state index is -0.570. The molecule has 1 fully saturated rings. The van der Waals surface area contributed by atoms with Gasteiger partial charge >= 0.3 is 5.69 Å². The molecule has 4 heterocycles. The second-order valence-corrected chi connectivity index (χ2v) is 8.11. The number of pyridine rings is 1. The van der Waals surface area contributed by atoms with Crippen LogP contribution in [0.5, 0.6) is 0 Å². The number of aromatic nitrogens is 3. The van der Waals surface area contributed by atoms with Gasteiger partial charge in [0.15, 0.2) is 11.4 Å². The first kappa shape index (κ1) is 21.6. The molecule has 34 heavy (non-hydrogen) atoms. The maximum absolute atomic E-state index is 14.2. The van der Waals surface area contributed by atoms with Gasteiger partial charge in [0.05, 0.1) is 18.5 Å². The highest BCUT2D eigenvalue weighted by atomic mass is 19.1. The predicted molar refractivity (Wildman–Crippen MR) is 124 cm³/mol. The van der Waals surface area contributed by atoms with Crippen LogP contribution in [0.25, 0.3) is 11.0 Å². The third-order valence-corrected chi connectivity index (χ3v) is 6.13. The van der Waals surface area contributed by atoms with Crippen LogP contribution < -0.4 is 16.1 Å². The van der Waals surface area contributed by atoms with Crippen LogP contribution in [0, 0.1) is 5.82 Å². The van der Waals surface area contributed by atoms with Crippen LogP contribution in [0.1, 0.15) is 16.1 Å². The fraction of sp³-hybridized carbons (Fsp3) is 0.250. The van der Waals surface area contributed by atoms with E-state index in [0.717, 1.165) is 4.57 Å². The van der Waals surface area contributed by atoms with Crippen molar-refractivity contribution in [2.75, 3.05) is 31.1 Å². The number of carbonyl (C=O) groups excluding carboxylic acids is 1. The third kappa shape index (κ3) is 3.66. The van der Waals surface area contributed by atoms with Crippen molar-refractivity contribution < 1.29 is 13.6 Å². The fourth-order valence-electron chi connectivity index (χ4n) is 4.30. The van der Waals surface area contributed by atoms with Gasteiger partial charge in [0, 0.05) is 45.0 Å². The molecule has 0 atom stereocenters. The van der Waals surface area contributed by atoms with E-state index in [2.05, 4.69) is 4.98 Å². The molecule has 0 bridgehead atoms. The minimum absolute atomic E-state index is 0.182.